The predicted molar refractivity (Wildman–Crippen MR) is 92.0 cm³/mol. The van der Waals surface area contributed by atoms with Crippen molar-refractivity contribution in [3.63, 3.8) is 0 Å². The Labute approximate surface area is 139 Å². The van der Waals surface area contributed by atoms with Crippen LogP contribution in [0.5, 0.6) is 0 Å². The zero-order valence-electron chi connectivity index (χ0n) is 12.8. The van der Waals surface area contributed by atoms with Crippen LogP contribution in [0.2, 0.25) is 0 Å². The molecule has 0 bridgehead atoms. The molecule has 2 aliphatic heterocycles. The average molecular weight is 337 g/mol. The van der Waals surface area contributed by atoms with Crippen molar-refractivity contribution in [2.24, 2.45) is 5.10 Å². The van der Waals surface area contributed by atoms with Crippen molar-refractivity contribution in [1.82, 2.24) is 20.1 Å². The standard InChI is InChI=1S/C14H19N5OS2/c1-4-17-11-12(18(5-2)14(17)20)19(13(21)16-11)15-8-10-9(3)6-7-22-10/h6-8,11-12H,4-5H2,1-3H3,(H,16,21)/b15-8+. The second-order valence-electron chi connectivity index (χ2n) is 5.22. The Balaban J connectivity index is 1.88. The SMILES string of the molecule is CCN1C(=O)N(CC)C2C1NC(=S)N2/N=C/c1sccc1C. The fraction of sp³-hybridized carbons (Fsp3) is 0.500. The molecule has 1 aromatic heterocycles. The first-order chi connectivity index (χ1) is 10.6. The maximum atomic E-state index is 12.4. The van der Waals surface area contributed by atoms with Crippen LogP contribution in [0.4, 0.5) is 4.79 Å². The number of thiophene rings is 1. The Morgan fingerprint density at radius 2 is 2.14 bits per heavy atom. The van der Waals surface area contributed by atoms with E-state index in [2.05, 4.69) is 23.4 Å². The van der Waals surface area contributed by atoms with Crippen molar-refractivity contribution in [3.8, 4) is 0 Å². The number of likely N-dealkylation sites (N-methyl/N-ethyl adjacent to an activating group) is 2. The Morgan fingerprint density at radius 1 is 1.41 bits per heavy atom. The first-order valence-corrected chi connectivity index (χ1v) is 8.62. The van der Waals surface area contributed by atoms with Crippen LogP contribution in [0, 0.1) is 6.92 Å². The molecule has 0 aliphatic carbocycles. The van der Waals surface area contributed by atoms with Gasteiger partial charge >= 0.3 is 6.03 Å². The van der Waals surface area contributed by atoms with Gasteiger partial charge in [-0.15, -0.1) is 11.3 Å². The van der Waals surface area contributed by atoms with Crippen LogP contribution >= 0.6 is 23.6 Å². The number of amides is 2. The highest BCUT2D eigenvalue weighted by Gasteiger charge is 2.53. The molecule has 2 unspecified atom stereocenters. The first kappa shape index (κ1) is 15.2. The zero-order valence-corrected chi connectivity index (χ0v) is 14.4. The maximum absolute atomic E-state index is 12.4. The number of aryl methyl sites for hydroxylation is 1. The van der Waals surface area contributed by atoms with Crippen LogP contribution in [0.1, 0.15) is 24.3 Å². The molecule has 2 fully saturated rings. The summed E-state index contributed by atoms with van der Waals surface area (Å²) in [5, 5.41) is 12.1. The lowest BCUT2D eigenvalue weighted by atomic mass is 10.3. The lowest BCUT2D eigenvalue weighted by Gasteiger charge is -2.25. The van der Waals surface area contributed by atoms with Gasteiger partial charge in [-0.1, -0.05) is 0 Å². The molecule has 3 rings (SSSR count). The third kappa shape index (κ3) is 2.26. The summed E-state index contributed by atoms with van der Waals surface area (Å²) in [5.41, 5.74) is 1.19. The number of nitrogens with zero attached hydrogens (tertiary/aromatic N) is 4. The summed E-state index contributed by atoms with van der Waals surface area (Å²) >= 11 is 7.04. The number of thiocarbonyl (C=S) groups is 1. The summed E-state index contributed by atoms with van der Waals surface area (Å²) in [5.74, 6) is 0. The molecule has 0 aromatic carbocycles. The Hall–Kier alpha value is -1.67. The third-order valence-corrected chi connectivity index (χ3v) is 5.30. The lowest BCUT2D eigenvalue weighted by Crippen LogP contribution is -2.43. The molecule has 22 heavy (non-hydrogen) atoms. The molecule has 2 aliphatic rings. The molecule has 0 radical (unpaired) electrons. The van der Waals surface area contributed by atoms with E-state index in [4.69, 9.17) is 12.2 Å². The van der Waals surface area contributed by atoms with E-state index >= 15 is 0 Å². The molecular weight excluding hydrogens is 318 g/mol. The molecule has 2 saturated heterocycles. The minimum atomic E-state index is -0.179. The monoisotopic (exact) mass is 337 g/mol. The molecule has 1 aromatic rings. The van der Waals surface area contributed by atoms with Gasteiger partial charge < -0.3 is 10.2 Å². The lowest BCUT2D eigenvalue weighted by molar-refractivity contribution is 0.157. The molecule has 8 heteroatoms. The van der Waals surface area contributed by atoms with Gasteiger partial charge in [0.05, 0.1) is 6.21 Å². The number of hydrogen-bond acceptors (Lipinski definition) is 4. The molecule has 2 atom stereocenters. The normalized spacial score (nSPS) is 24.6. The van der Waals surface area contributed by atoms with Crippen LogP contribution < -0.4 is 5.32 Å². The van der Waals surface area contributed by atoms with E-state index in [0.29, 0.717) is 18.2 Å². The quantitative estimate of drug-likeness (QED) is 0.674. The van der Waals surface area contributed by atoms with Crippen LogP contribution in [-0.2, 0) is 0 Å². The number of hydrazone groups is 1. The third-order valence-electron chi connectivity index (χ3n) is 4.04. The smallest absolute Gasteiger partial charge is 0.323 e. The minimum absolute atomic E-state index is 0.0301. The van der Waals surface area contributed by atoms with Crippen LogP contribution in [0.25, 0.3) is 0 Å². The highest BCUT2D eigenvalue weighted by atomic mass is 32.1. The summed E-state index contributed by atoms with van der Waals surface area (Å²) in [7, 11) is 0. The molecule has 118 valence electrons. The van der Waals surface area contributed by atoms with Gasteiger partial charge in [-0.2, -0.15) is 5.10 Å². The average Bonchev–Trinajstić information content (AvgIpc) is 3.10. The van der Waals surface area contributed by atoms with Gasteiger partial charge in [0, 0.05) is 18.0 Å². The van der Waals surface area contributed by atoms with Crippen molar-refractivity contribution in [3.05, 3.63) is 21.9 Å². The number of carbonyl (C=O) groups excluding carboxylic acids is 1. The molecule has 0 spiro atoms. The van der Waals surface area contributed by atoms with Gasteiger partial charge in [0.2, 0.25) is 0 Å². The topological polar surface area (TPSA) is 51.2 Å². The van der Waals surface area contributed by atoms with Crippen LogP contribution in [0.15, 0.2) is 16.5 Å². The molecule has 1 N–H and O–H groups in total. The molecular formula is C14H19N5OS2. The van der Waals surface area contributed by atoms with Gasteiger partial charge in [0.15, 0.2) is 11.3 Å². The molecule has 3 heterocycles. The second-order valence-corrected chi connectivity index (χ2v) is 6.55. The van der Waals surface area contributed by atoms with Gasteiger partial charge in [0.1, 0.15) is 6.17 Å². The van der Waals surface area contributed by atoms with E-state index in [9.17, 15) is 4.79 Å². The van der Waals surface area contributed by atoms with Gasteiger partial charge in [-0.3, -0.25) is 4.90 Å². The Kier molecular flexibility index (Phi) is 4.05. The van der Waals surface area contributed by atoms with Gasteiger partial charge in [-0.25, -0.2) is 9.80 Å². The number of nitrogens with one attached hydrogen (secondary N) is 1. The largest absolute Gasteiger partial charge is 0.337 e. The Morgan fingerprint density at radius 3 is 2.73 bits per heavy atom. The van der Waals surface area contributed by atoms with Crippen molar-refractivity contribution in [2.45, 2.75) is 33.1 Å². The molecule has 6 nitrogen and oxygen atoms in total. The van der Waals surface area contributed by atoms with Crippen molar-refractivity contribution >= 4 is 40.9 Å². The van der Waals surface area contributed by atoms with E-state index < -0.39 is 0 Å². The maximum Gasteiger partial charge on any atom is 0.323 e. The summed E-state index contributed by atoms with van der Waals surface area (Å²) in [6.07, 6.45) is 1.51. The number of hydrogen-bond donors (Lipinski definition) is 1. The van der Waals surface area contributed by atoms with E-state index in [1.54, 1.807) is 26.1 Å². The minimum Gasteiger partial charge on any atom is -0.337 e. The van der Waals surface area contributed by atoms with Gasteiger partial charge in [0.25, 0.3) is 0 Å². The summed E-state index contributed by atoms with van der Waals surface area (Å²) in [6, 6.07) is 2.09. The van der Waals surface area contributed by atoms with Crippen molar-refractivity contribution in [2.75, 3.05) is 13.1 Å². The second kappa shape index (κ2) is 5.85. The fourth-order valence-electron chi connectivity index (χ4n) is 2.87. The predicted octanol–water partition coefficient (Wildman–Crippen LogP) is 2.01. The summed E-state index contributed by atoms with van der Waals surface area (Å²) < 4.78 is 0. The Bertz CT molecular complexity index is 629. The van der Waals surface area contributed by atoms with Crippen LogP contribution in [0.3, 0.4) is 0 Å². The van der Waals surface area contributed by atoms with Crippen molar-refractivity contribution in [1.29, 1.82) is 0 Å². The van der Waals surface area contributed by atoms with Crippen molar-refractivity contribution < 1.29 is 4.79 Å². The van der Waals surface area contributed by atoms with E-state index in [1.165, 1.54) is 5.56 Å². The number of fused-ring (bicyclic) bond motifs is 1. The fourth-order valence-corrected chi connectivity index (χ4v) is 3.92. The zero-order chi connectivity index (χ0) is 15.9. The molecule has 2 amide bonds. The van der Waals surface area contributed by atoms with E-state index in [1.807, 2.05) is 25.4 Å². The number of urea groups is 1. The summed E-state index contributed by atoms with van der Waals surface area (Å²) in [4.78, 5) is 17.1. The first-order valence-electron chi connectivity index (χ1n) is 7.33. The molecule has 0 saturated carbocycles. The highest BCUT2D eigenvalue weighted by molar-refractivity contribution is 7.80. The van der Waals surface area contributed by atoms with Crippen LogP contribution in [-0.4, -0.2) is 57.6 Å². The van der Waals surface area contributed by atoms with E-state index in [-0.39, 0.29) is 18.4 Å². The van der Waals surface area contributed by atoms with Gasteiger partial charge in [-0.05, 0) is 50.0 Å². The number of carbonyl (C=O) groups is 1. The highest BCUT2D eigenvalue weighted by Crippen LogP contribution is 2.29. The summed E-state index contributed by atoms with van der Waals surface area (Å²) in [6.45, 7) is 7.27. The number of rotatable bonds is 4. The van der Waals surface area contributed by atoms with E-state index in [0.717, 1.165) is 4.88 Å².